The zero-order valence-electron chi connectivity index (χ0n) is 27.6. The summed E-state index contributed by atoms with van der Waals surface area (Å²) < 4.78 is 0. The van der Waals surface area contributed by atoms with Crippen LogP contribution in [0, 0.1) is 0 Å². The van der Waals surface area contributed by atoms with Crippen molar-refractivity contribution >= 4 is 28.4 Å². The van der Waals surface area contributed by atoms with Gasteiger partial charge in [0.15, 0.2) is 0 Å². The lowest BCUT2D eigenvalue weighted by Gasteiger charge is -2.33. The average molecular weight is 645 g/mol. The quantitative estimate of drug-likeness (QED) is 0.206. The highest BCUT2D eigenvalue weighted by molar-refractivity contribution is 5.87. The van der Waals surface area contributed by atoms with E-state index in [1.54, 1.807) is 0 Å². The Morgan fingerprint density at radius 2 is 1.12 bits per heavy atom. The number of aromatic nitrogens is 1. The van der Waals surface area contributed by atoms with E-state index in [0.717, 1.165) is 34.6 Å². The van der Waals surface area contributed by atoms with Crippen molar-refractivity contribution < 1.29 is 0 Å². The number of allylic oxidation sites excluding steroid dienone is 6. The van der Waals surface area contributed by atoms with E-state index in [-0.39, 0.29) is 12.1 Å². The van der Waals surface area contributed by atoms with Crippen LogP contribution in [0.3, 0.4) is 0 Å². The molecule has 0 radical (unpaired) electrons. The van der Waals surface area contributed by atoms with Gasteiger partial charge in [0.25, 0.3) is 0 Å². The molecule has 5 aliphatic rings. The molecule has 0 amide bonds. The number of hydrogen-bond donors (Lipinski definition) is 1. The van der Waals surface area contributed by atoms with Crippen molar-refractivity contribution in [1.82, 2.24) is 10.3 Å². The molecule has 4 aromatic carbocycles. The van der Waals surface area contributed by atoms with E-state index in [2.05, 4.69) is 179 Å². The lowest BCUT2D eigenvalue weighted by molar-refractivity contribution is 0.739. The third kappa shape index (κ3) is 4.71. The van der Waals surface area contributed by atoms with Crippen LogP contribution in [0.2, 0.25) is 0 Å². The fraction of sp³-hybridized carbons (Fsp3) is 0.109. The summed E-state index contributed by atoms with van der Waals surface area (Å²) in [6, 6.07) is 38.5. The summed E-state index contributed by atoms with van der Waals surface area (Å²) >= 11 is 0. The van der Waals surface area contributed by atoms with E-state index in [1.807, 2.05) is 12.3 Å². The van der Waals surface area contributed by atoms with Gasteiger partial charge in [-0.15, -0.1) is 0 Å². The van der Waals surface area contributed by atoms with Gasteiger partial charge in [0.05, 0.1) is 17.8 Å². The second-order valence-corrected chi connectivity index (χ2v) is 13.6. The molecule has 4 nitrogen and oxygen atoms in total. The van der Waals surface area contributed by atoms with Crippen LogP contribution in [0.1, 0.15) is 28.5 Å². The van der Waals surface area contributed by atoms with Crippen LogP contribution in [-0.2, 0) is 0 Å². The van der Waals surface area contributed by atoms with Crippen LogP contribution in [-0.4, -0.2) is 23.6 Å². The van der Waals surface area contributed by atoms with Gasteiger partial charge in [0.1, 0.15) is 0 Å². The van der Waals surface area contributed by atoms with E-state index < -0.39 is 0 Å². The van der Waals surface area contributed by atoms with Crippen molar-refractivity contribution in [3.63, 3.8) is 0 Å². The van der Waals surface area contributed by atoms with Gasteiger partial charge in [-0.05, 0) is 94.6 Å². The average Bonchev–Trinajstić information content (AvgIpc) is 3.71. The first kappa shape index (κ1) is 28.8. The number of dihydropyridines is 1. The first-order valence-electron chi connectivity index (χ1n) is 17.6. The Hall–Kier alpha value is -6.13. The number of nitrogens with one attached hydrogen (secondary N) is 1. The minimum Gasteiger partial charge on any atom is -0.381 e. The monoisotopic (exact) mass is 644 g/mol. The predicted octanol–water partition coefficient (Wildman–Crippen LogP) is 10.4. The molecule has 1 N–H and O–H groups in total. The SMILES string of the molecule is C1=CCNC(c2cc(-c3cc(N4c5ccccc5C5C=CC=CC54)cc(N4c5ccccc5C5C=CC=CC54)c3)cc(-c3ccccn3)c2)=C1. The van der Waals surface area contributed by atoms with Gasteiger partial charge < -0.3 is 15.1 Å². The van der Waals surface area contributed by atoms with Crippen molar-refractivity contribution in [2.45, 2.75) is 23.9 Å². The molecular weight excluding hydrogens is 609 g/mol. The number of anilines is 4. The number of hydrogen-bond acceptors (Lipinski definition) is 4. The minimum absolute atomic E-state index is 0.204. The smallest absolute Gasteiger partial charge is 0.0702 e. The summed E-state index contributed by atoms with van der Waals surface area (Å²) in [7, 11) is 0. The van der Waals surface area contributed by atoms with E-state index in [9.17, 15) is 0 Å². The van der Waals surface area contributed by atoms with Gasteiger partial charge in [0, 0.05) is 58.6 Å². The Balaban J connectivity index is 1.21. The molecular formula is C46H36N4. The highest BCUT2D eigenvalue weighted by atomic mass is 15.2. The Bertz CT molecular complexity index is 2220. The van der Waals surface area contributed by atoms with Crippen LogP contribution in [0.4, 0.5) is 22.7 Å². The van der Waals surface area contributed by atoms with E-state index in [4.69, 9.17) is 4.98 Å². The van der Waals surface area contributed by atoms with Crippen LogP contribution in [0.5, 0.6) is 0 Å². The van der Waals surface area contributed by atoms with Crippen LogP contribution >= 0.6 is 0 Å². The summed E-state index contributed by atoms with van der Waals surface area (Å²) in [5.74, 6) is 0.617. The number of pyridine rings is 1. The normalized spacial score (nSPS) is 22.1. The van der Waals surface area contributed by atoms with E-state index in [1.165, 1.54) is 39.4 Å². The fourth-order valence-electron chi connectivity index (χ4n) is 8.51. The molecule has 0 bridgehead atoms. The molecule has 10 rings (SSSR count). The first-order chi connectivity index (χ1) is 24.8. The van der Waals surface area contributed by atoms with Crippen molar-refractivity contribution in [3.8, 4) is 22.4 Å². The summed E-state index contributed by atoms with van der Waals surface area (Å²) in [5.41, 5.74) is 14.3. The second kappa shape index (κ2) is 11.8. The standard InChI is InChI=1S/C46H36N4/c1-5-19-43-37(13-1)38-14-2-6-20-44(38)49(43)35-28-32(29-36(30-35)50-45-21-7-3-15-39(45)40-16-4-8-22-46(40)50)31-25-33(41-17-9-11-23-47-41)27-34(26-31)42-18-10-12-24-48-42/h1-23,25-30,37,39,43,45,48H,24H2. The molecule has 50 heavy (non-hydrogen) atoms. The van der Waals surface area contributed by atoms with Gasteiger partial charge >= 0.3 is 0 Å². The Morgan fingerprint density at radius 3 is 1.74 bits per heavy atom. The maximum absolute atomic E-state index is 4.77. The highest BCUT2D eigenvalue weighted by Crippen LogP contribution is 2.52. The number of fused-ring (bicyclic) bond motifs is 6. The summed E-state index contributed by atoms with van der Waals surface area (Å²) in [6.45, 7) is 0.812. The molecule has 0 spiro atoms. The summed E-state index contributed by atoms with van der Waals surface area (Å²) in [6.07, 6.45) is 26.6. The van der Waals surface area contributed by atoms with Gasteiger partial charge in [0.2, 0.25) is 0 Å². The number of rotatable bonds is 5. The predicted molar refractivity (Wildman–Crippen MR) is 207 cm³/mol. The van der Waals surface area contributed by atoms with E-state index in [0.29, 0.717) is 11.8 Å². The Labute approximate surface area is 293 Å². The minimum atomic E-state index is 0.204. The van der Waals surface area contributed by atoms with Gasteiger partial charge in [-0.2, -0.15) is 0 Å². The van der Waals surface area contributed by atoms with Crippen LogP contribution in [0.15, 0.2) is 176 Å². The molecule has 4 atom stereocenters. The zero-order chi connectivity index (χ0) is 33.0. The molecule has 4 unspecified atom stereocenters. The highest BCUT2D eigenvalue weighted by Gasteiger charge is 2.40. The molecule has 4 heterocycles. The van der Waals surface area contributed by atoms with Crippen LogP contribution in [0.25, 0.3) is 28.1 Å². The molecule has 0 saturated carbocycles. The molecule has 4 heteroatoms. The molecule has 240 valence electrons. The fourth-order valence-corrected chi connectivity index (χ4v) is 8.51. The molecule has 0 fully saturated rings. The summed E-state index contributed by atoms with van der Waals surface area (Å²) in [5, 5.41) is 3.60. The maximum Gasteiger partial charge on any atom is 0.0702 e. The van der Waals surface area contributed by atoms with Gasteiger partial charge in [-0.3, -0.25) is 4.98 Å². The maximum atomic E-state index is 4.77. The van der Waals surface area contributed by atoms with Gasteiger partial charge in [-0.1, -0.05) is 103 Å². The second-order valence-electron chi connectivity index (χ2n) is 13.6. The summed E-state index contributed by atoms with van der Waals surface area (Å²) in [4.78, 5) is 9.89. The molecule has 0 saturated heterocycles. The number of benzene rings is 4. The lowest BCUT2D eigenvalue weighted by atomic mass is 9.91. The Morgan fingerprint density at radius 1 is 0.540 bits per heavy atom. The number of nitrogens with zero attached hydrogens (tertiary/aromatic N) is 3. The van der Waals surface area contributed by atoms with Crippen molar-refractivity contribution in [3.05, 3.63) is 193 Å². The lowest BCUT2D eigenvalue weighted by Crippen LogP contribution is -2.30. The topological polar surface area (TPSA) is 31.4 Å². The number of para-hydroxylation sites is 2. The van der Waals surface area contributed by atoms with Gasteiger partial charge in [-0.25, -0.2) is 0 Å². The first-order valence-corrected chi connectivity index (χ1v) is 17.6. The molecule has 2 aliphatic carbocycles. The Kier molecular flexibility index (Phi) is 6.80. The third-order valence-corrected chi connectivity index (χ3v) is 10.7. The largest absolute Gasteiger partial charge is 0.381 e. The van der Waals surface area contributed by atoms with Crippen LogP contribution < -0.4 is 15.1 Å². The third-order valence-electron chi connectivity index (χ3n) is 10.7. The molecule has 1 aromatic heterocycles. The van der Waals surface area contributed by atoms with E-state index >= 15 is 0 Å². The van der Waals surface area contributed by atoms with Crippen molar-refractivity contribution in [1.29, 1.82) is 0 Å². The van der Waals surface area contributed by atoms with Crippen molar-refractivity contribution in [2.75, 3.05) is 16.3 Å². The zero-order valence-corrected chi connectivity index (χ0v) is 27.6. The molecule has 3 aliphatic heterocycles. The van der Waals surface area contributed by atoms with Crippen molar-refractivity contribution in [2.24, 2.45) is 0 Å². The molecule has 5 aromatic rings.